The van der Waals surface area contributed by atoms with Crippen molar-refractivity contribution in [2.24, 2.45) is 0 Å². The lowest BCUT2D eigenvalue weighted by atomic mass is 9.99. The van der Waals surface area contributed by atoms with Gasteiger partial charge in [-0.05, 0) is 19.3 Å². The molecule has 9 nitrogen and oxygen atoms in total. The minimum Gasteiger partial charge on any atom is -0.394 e. The molecular weight excluding hydrogens is 923 g/mol. The zero-order valence-corrected chi connectivity index (χ0v) is 49.1. The van der Waals surface area contributed by atoms with Crippen LogP contribution in [0.3, 0.4) is 0 Å². The van der Waals surface area contributed by atoms with Crippen molar-refractivity contribution in [1.82, 2.24) is 5.32 Å². The summed E-state index contributed by atoms with van der Waals surface area (Å²) in [5.74, 6) is -0.168. The Labute approximate surface area is 458 Å². The van der Waals surface area contributed by atoms with E-state index in [1.807, 2.05) is 6.08 Å². The first kappa shape index (κ1) is 70.9. The molecule has 0 radical (unpaired) electrons. The SMILES string of the molecule is CCCCCCCCCCCCCCCCCCCCCCCCCC/C=C/C(O)C(COC1OC(CO)C(O)C(O)C1O)NC(=O)CCCCCCCCCCCCCCCCCCCCCCCCCCC. The van der Waals surface area contributed by atoms with E-state index in [1.54, 1.807) is 6.08 Å². The zero-order valence-electron chi connectivity index (χ0n) is 49.1. The van der Waals surface area contributed by atoms with Crippen molar-refractivity contribution in [2.45, 2.75) is 384 Å². The predicted molar refractivity (Wildman–Crippen MR) is 314 cm³/mol. The molecule has 1 saturated heterocycles. The molecule has 7 atom stereocenters. The van der Waals surface area contributed by atoms with E-state index in [0.29, 0.717) is 6.42 Å². The number of aliphatic hydroxyl groups is 5. The van der Waals surface area contributed by atoms with Crippen molar-refractivity contribution in [2.75, 3.05) is 13.2 Å². The summed E-state index contributed by atoms with van der Waals surface area (Å²) in [5, 5.41) is 54.7. The standard InChI is InChI=1S/C65H127NO8/c1-3-5-7-9-11-13-15-17-19-21-23-25-27-29-31-32-34-36-38-40-42-44-46-48-50-52-54-59(68)58(57-73-65-64(72)63(71)62(70)60(56-67)74-65)66-61(69)55-53-51-49-47-45-43-41-39-37-35-33-30-28-26-24-22-20-18-16-14-12-10-8-6-4-2/h52,54,58-60,62-65,67-68,70-72H,3-51,53,55-57H2,1-2H3,(H,66,69)/b54-52+. The van der Waals surface area contributed by atoms with Crippen molar-refractivity contribution < 1.29 is 39.8 Å². The van der Waals surface area contributed by atoms with Crippen molar-refractivity contribution in [3.8, 4) is 0 Å². The van der Waals surface area contributed by atoms with Crippen LogP contribution in [0.25, 0.3) is 0 Å². The minimum absolute atomic E-state index is 0.168. The molecule has 0 bridgehead atoms. The van der Waals surface area contributed by atoms with E-state index in [1.165, 1.54) is 283 Å². The summed E-state index contributed by atoms with van der Waals surface area (Å²) in [6.45, 7) is 3.84. The van der Waals surface area contributed by atoms with Gasteiger partial charge in [0, 0.05) is 6.42 Å². The summed E-state index contributed by atoms with van der Waals surface area (Å²) < 4.78 is 11.3. The number of aliphatic hydroxyl groups excluding tert-OH is 5. The maximum atomic E-state index is 13.1. The molecule has 1 fully saturated rings. The quantitative estimate of drug-likeness (QED) is 0.0261. The highest BCUT2D eigenvalue weighted by atomic mass is 16.7. The van der Waals surface area contributed by atoms with Crippen LogP contribution in [-0.2, 0) is 14.3 Å². The molecule has 0 saturated carbocycles. The van der Waals surface area contributed by atoms with Crippen LogP contribution in [0.4, 0.5) is 0 Å². The Hall–Kier alpha value is -1.07. The van der Waals surface area contributed by atoms with Crippen LogP contribution in [-0.4, -0.2) is 87.5 Å². The van der Waals surface area contributed by atoms with Gasteiger partial charge in [-0.2, -0.15) is 0 Å². The minimum atomic E-state index is -1.56. The fraction of sp³-hybridized carbons (Fsp3) is 0.954. The first-order valence-electron chi connectivity index (χ1n) is 32.9. The monoisotopic (exact) mass is 1050 g/mol. The summed E-state index contributed by atoms with van der Waals surface area (Å²) in [6, 6.07) is -0.801. The van der Waals surface area contributed by atoms with E-state index in [0.717, 1.165) is 38.5 Å². The third-order valence-electron chi connectivity index (χ3n) is 16.1. The number of nitrogens with one attached hydrogen (secondary N) is 1. The van der Waals surface area contributed by atoms with Crippen LogP contribution in [0, 0.1) is 0 Å². The lowest BCUT2D eigenvalue weighted by molar-refractivity contribution is -0.302. The van der Waals surface area contributed by atoms with E-state index in [4.69, 9.17) is 9.47 Å². The topological polar surface area (TPSA) is 149 Å². The number of hydrogen-bond acceptors (Lipinski definition) is 8. The van der Waals surface area contributed by atoms with Gasteiger partial charge in [0.25, 0.3) is 0 Å². The number of amides is 1. The van der Waals surface area contributed by atoms with E-state index in [9.17, 15) is 30.3 Å². The van der Waals surface area contributed by atoms with Crippen molar-refractivity contribution >= 4 is 5.91 Å². The fourth-order valence-corrected chi connectivity index (χ4v) is 10.9. The van der Waals surface area contributed by atoms with Gasteiger partial charge in [-0.1, -0.05) is 328 Å². The Kier molecular flexibility index (Phi) is 53.0. The third kappa shape index (κ3) is 43.9. The summed E-state index contributed by atoms with van der Waals surface area (Å²) in [4.78, 5) is 13.1. The number of carbonyl (C=O) groups excluding carboxylic acids is 1. The molecule has 9 heteroatoms. The van der Waals surface area contributed by atoms with Crippen LogP contribution in [0.5, 0.6) is 0 Å². The van der Waals surface area contributed by atoms with Gasteiger partial charge in [-0.15, -0.1) is 0 Å². The van der Waals surface area contributed by atoms with Crippen molar-refractivity contribution in [1.29, 1.82) is 0 Å². The normalized spacial score (nSPS) is 18.9. The molecule has 1 rings (SSSR count). The third-order valence-corrected chi connectivity index (χ3v) is 16.1. The van der Waals surface area contributed by atoms with E-state index >= 15 is 0 Å². The van der Waals surface area contributed by atoms with Gasteiger partial charge in [0.2, 0.25) is 5.91 Å². The van der Waals surface area contributed by atoms with E-state index in [-0.39, 0.29) is 12.5 Å². The molecule has 0 aliphatic carbocycles. The van der Waals surface area contributed by atoms with Crippen LogP contribution in [0.2, 0.25) is 0 Å². The maximum absolute atomic E-state index is 13.1. The van der Waals surface area contributed by atoms with Gasteiger partial charge < -0.3 is 40.3 Å². The molecule has 74 heavy (non-hydrogen) atoms. The Morgan fingerprint density at radius 1 is 0.446 bits per heavy atom. The average Bonchev–Trinajstić information content (AvgIpc) is 3.40. The molecule has 1 aliphatic heterocycles. The number of rotatable bonds is 58. The highest BCUT2D eigenvalue weighted by molar-refractivity contribution is 5.76. The lowest BCUT2D eigenvalue weighted by Gasteiger charge is -2.40. The molecule has 0 aromatic rings. The summed E-state index contributed by atoms with van der Waals surface area (Å²) in [6.07, 6.45) is 63.0. The second-order valence-electron chi connectivity index (χ2n) is 23.3. The van der Waals surface area contributed by atoms with Gasteiger partial charge in [0.05, 0.1) is 25.4 Å². The van der Waals surface area contributed by atoms with Crippen LogP contribution < -0.4 is 5.32 Å². The lowest BCUT2D eigenvalue weighted by Crippen LogP contribution is -2.60. The Morgan fingerprint density at radius 2 is 0.743 bits per heavy atom. The summed E-state index contributed by atoms with van der Waals surface area (Å²) in [5.41, 5.74) is 0. The van der Waals surface area contributed by atoms with Gasteiger partial charge in [-0.25, -0.2) is 0 Å². The summed E-state index contributed by atoms with van der Waals surface area (Å²) >= 11 is 0. The van der Waals surface area contributed by atoms with Gasteiger partial charge >= 0.3 is 0 Å². The number of hydrogen-bond donors (Lipinski definition) is 6. The fourth-order valence-electron chi connectivity index (χ4n) is 10.9. The first-order valence-corrected chi connectivity index (χ1v) is 32.9. The number of ether oxygens (including phenoxy) is 2. The molecule has 1 aliphatic rings. The molecule has 1 amide bonds. The van der Waals surface area contributed by atoms with E-state index < -0.39 is 49.5 Å². The molecular formula is C65H127NO8. The number of unbranched alkanes of at least 4 members (excludes halogenated alkanes) is 48. The largest absolute Gasteiger partial charge is 0.394 e. The molecule has 0 aromatic carbocycles. The first-order chi connectivity index (χ1) is 36.3. The molecule has 6 N–H and O–H groups in total. The maximum Gasteiger partial charge on any atom is 0.220 e. The van der Waals surface area contributed by atoms with Crippen LogP contribution >= 0.6 is 0 Å². The molecule has 7 unspecified atom stereocenters. The van der Waals surface area contributed by atoms with Crippen molar-refractivity contribution in [3.05, 3.63) is 12.2 Å². The molecule has 0 aromatic heterocycles. The molecule has 1 heterocycles. The second-order valence-corrected chi connectivity index (χ2v) is 23.3. The van der Waals surface area contributed by atoms with Gasteiger partial charge in [-0.3, -0.25) is 4.79 Å². The second kappa shape index (κ2) is 55.3. The highest BCUT2D eigenvalue weighted by Crippen LogP contribution is 2.23. The smallest absolute Gasteiger partial charge is 0.220 e. The van der Waals surface area contributed by atoms with E-state index in [2.05, 4.69) is 19.2 Å². The Morgan fingerprint density at radius 3 is 1.05 bits per heavy atom. The average molecular weight is 1050 g/mol. The number of allylic oxidation sites excluding steroid dienone is 1. The zero-order chi connectivity index (χ0) is 53.6. The Bertz CT molecular complexity index is 1170. The van der Waals surface area contributed by atoms with Crippen LogP contribution in [0.15, 0.2) is 12.2 Å². The van der Waals surface area contributed by atoms with Crippen molar-refractivity contribution in [3.63, 3.8) is 0 Å². The predicted octanol–water partition coefficient (Wildman–Crippen LogP) is 17.1. The molecule has 0 spiro atoms. The molecule has 440 valence electrons. The number of carbonyl (C=O) groups is 1. The summed E-state index contributed by atoms with van der Waals surface area (Å²) in [7, 11) is 0. The van der Waals surface area contributed by atoms with Gasteiger partial charge in [0.1, 0.15) is 24.4 Å². The Balaban J connectivity index is 2.15. The highest BCUT2D eigenvalue weighted by Gasteiger charge is 2.44. The van der Waals surface area contributed by atoms with Gasteiger partial charge in [0.15, 0.2) is 6.29 Å². The van der Waals surface area contributed by atoms with Crippen LogP contribution in [0.1, 0.15) is 341 Å².